The summed E-state index contributed by atoms with van der Waals surface area (Å²) >= 11 is 2.72. The van der Waals surface area contributed by atoms with Crippen LogP contribution in [0.15, 0.2) is 15.8 Å². The molecular formula is C7H10Br2N6S2. The minimum absolute atomic E-state index is 0. The van der Waals surface area contributed by atoms with E-state index in [1.165, 1.54) is 22.7 Å². The zero-order valence-electron chi connectivity index (χ0n) is 8.36. The monoisotopic (exact) mass is 400 g/mol. The molecule has 2 aromatic heterocycles. The predicted octanol–water partition coefficient (Wildman–Crippen LogP) is 1.91. The van der Waals surface area contributed by atoms with Crippen molar-refractivity contribution in [2.75, 3.05) is 5.73 Å². The number of nitrogens with zero attached hydrogens (tertiary/aromatic N) is 3. The molecule has 0 bridgehead atoms. The summed E-state index contributed by atoms with van der Waals surface area (Å²) in [6.45, 7) is 0. The molecule has 6 nitrogen and oxygen atoms in total. The van der Waals surface area contributed by atoms with Crippen molar-refractivity contribution < 1.29 is 0 Å². The predicted molar refractivity (Wildman–Crippen MR) is 83.7 cm³/mol. The highest BCUT2D eigenvalue weighted by Crippen LogP contribution is 2.27. The average molecular weight is 402 g/mol. The number of aromatic nitrogens is 2. The van der Waals surface area contributed by atoms with Crippen LogP contribution in [0.5, 0.6) is 0 Å². The summed E-state index contributed by atoms with van der Waals surface area (Å²) in [6.07, 6.45) is 0. The Hall–Kier alpha value is -0.710. The van der Waals surface area contributed by atoms with E-state index in [1.807, 2.05) is 10.8 Å². The standard InChI is InChI=1S/C7H8N6S2.2BrH/c8-5(9)13-7-12-4(2-15-7)3-1-14-6(10)11-3;;/h1-2H,(H2,10,11)(H4,8,9,12,13);2*1H. The first-order valence-corrected chi connectivity index (χ1v) is 5.67. The zero-order chi connectivity index (χ0) is 10.8. The SMILES string of the molecule is Br.Br.NC(N)=Nc1nc(-c2csc(N)n2)cs1. The summed E-state index contributed by atoms with van der Waals surface area (Å²) in [7, 11) is 0. The van der Waals surface area contributed by atoms with E-state index in [9.17, 15) is 0 Å². The Bertz CT molecular complexity index is 504. The van der Waals surface area contributed by atoms with Crippen molar-refractivity contribution in [2.45, 2.75) is 0 Å². The fourth-order valence-corrected chi connectivity index (χ4v) is 2.21. The Labute approximate surface area is 127 Å². The number of guanidine groups is 1. The number of nitrogen functional groups attached to an aromatic ring is 1. The van der Waals surface area contributed by atoms with Crippen molar-refractivity contribution in [3.05, 3.63) is 10.8 Å². The van der Waals surface area contributed by atoms with Gasteiger partial charge in [0, 0.05) is 10.8 Å². The topological polar surface area (TPSA) is 116 Å². The van der Waals surface area contributed by atoms with Crippen LogP contribution in [-0.2, 0) is 0 Å². The molecular weight excluding hydrogens is 392 g/mol. The summed E-state index contributed by atoms with van der Waals surface area (Å²) in [5, 5.41) is 4.69. The molecule has 94 valence electrons. The van der Waals surface area contributed by atoms with E-state index in [2.05, 4.69) is 15.0 Å². The summed E-state index contributed by atoms with van der Waals surface area (Å²) in [4.78, 5) is 12.1. The van der Waals surface area contributed by atoms with Crippen molar-refractivity contribution in [2.24, 2.45) is 16.5 Å². The Morgan fingerprint density at radius 3 is 2.18 bits per heavy atom. The normalized spacial score (nSPS) is 8.94. The van der Waals surface area contributed by atoms with Gasteiger partial charge in [0.25, 0.3) is 0 Å². The molecule has 0 aliphatic heterocycles. The molecule has 2 rings (SSSR count). The lowest BCUT2D eigenvalue weighted by molar-refractivity contribution is 1.30. The Morgan fingerprint density at radius 2 is 1.65 bits per heavy atom. The molecule has 0 radical (unpaired) electrons. The van der Waals surface area contributed by atoms with Crippen LogP contribution in [0.3, 0.4) is 0 Å². The van der Waals surface area contributed by atoms with Crippen LogP contribution < -0.4 is 17.2 Å². The largest absolute Gasteiger partial charge is 0.375 e. The first-order chi connectivity index (χ1) is 7.15. The van der Waals surface area contributed by atoms with Gasteiger partial charge in [-0.25, -0.2) is 9.97 Å². The molecule has 0 saturated heterocycles. The number of halogens is 2. The van der Waals surface area contributed by atoms with Gasteiger partial charge in [-0.1, -0.05) is 0 Å². The lowest BCUT2D eigenvalue weighted by atomic mass is 10.4. The second-order valence-electron chi connectivity index (χ2n) is 2.62. The maximum Gasteiger partial charge on any atom is 0.212 e. The van der Waals surface area contributed by atoms with Crippen LogP contribution in [0.2, 0.25) is 0 Å². The van der Waals surface area contributed by atoms with E-state index in [0.717, 1.165) is 11.4 Å². The van der Waals surface area contributed by atoms with Crippen molar-refractivity contribution in [3.8, 4) is 11.4 Å². The minimum Gasteiger partial charge on any atom is -0.375 e. The molecule has 2 aromatic rings. The van der Waals surface area contributed by atoms with E-state index in [-0.39, 0.29) is 39.9 Å². The van der Waals surface area contributed by atoms with Crippen molar-refractivity contribution in [1.82, 2.24) is 9.97 Å². The van der Waals surface area contributed by atoms with Crippen LogP contribution >= 0.6 is 56.6 Å². The summed E-state index contributed by atoms with van der Waals surface area (Å²) in [6, 6.07) is 0. The number of hydrogen-bond acceptors (Lipinski definition) is 6. The molecule has 17 heavy (non-hydrogen) atoms. The molecule has 0 fully saturated rings. The molecule has 0 saturated carbocycles. The smallest absolute Gasteiger partial charge is 0.212 e. The zero-order valence-corrected chi connectivity index (χ0v) is 13.4. The van der Waals surface area contributed by atoms with Crippen LogP contribution in [0.25, 0.3) is 11.4 Å². The van der Waals surface area contributed by atoms with E-state index in [0.29, 0.717) is 10.3 Å². The van der Waals surface area contributed by atoms with Crippen LogP contribution in [0.4, 0.5) is 10.3 Å². The van der Waals surface area contributed by atoms with Crippen LogP contribution in [0.1, 0.15) is 0 Å². The number of aliphatic imine (C=N–C) groups is 1. The quantitative estimate of drug-likeness (QED) is 0.524. The summed E-state index contributed by atoms with van der Waals surface area (Å²) in [5.74, 6) is -0.00584. The molecule has 2 heterocycles. The van der Waals surface area contributed by atoms with Crippen LogP contribution in [-0.4, -0.2) is 15.9 Å². The third kappa shape index (κ3) is 4.22. The van der Waals surface area contributed by atoms with Gasteiger partial charge in [-0.3, -0.25) is 0 Å². The van der Waals surface area contributed by atoms with Crippen molar-refractivity contribution in [1.29, 1.82) is 0 Å². The number of nitrogens with two attached hydrogens (primary N) is 3. The second kappa shape index (κ2) is 6.89. The third-order valence-corrected chi connectivity index (χ3v) is 2.91. The van der Waals surface area contributed by atoms with Gasteiger partial charge in [-0.2, -0.15) is 4.99 Å². The van der Waals surface area contributed by atoms with E-state index < -0.39 is 0 Å². The lowest BCUT2D eigenvalue weighted by Gasteiger charge is -1.87. The van der Waals surface area contributed by atoms with E-state index >= 15 is 0 Å². The van der Waals surface area contributed by atoms with E-state index in [4.69, 9.17) is 17.2 Å². The molecule has 0 aromatic carbocycles. The number of anilines is 1. The van der Waals surface area contributed by atoms with Gasteiger partial charge in [-0.15, -0.1) is 56.6 Å². The molecule has 0 aliphatic carbocycles. The van der Waals surface area contributed by atoms with Gasteiger partial charge in [0.15, 0.2) is 11.1 Å². The maximum absolute atomic E-state index is 5.52. The molecule has 10 heteroatoms. The third-order valence-electron chi connectivity index (χ3n) is 1.50. The second-order valence-corrected chi connectivity index (χ2v) is 4.35. The van der Waals surface area contributed by atoms with Gasteiger partial charge >= 0.3 is 0 Å². The van der Waals surface area contributed by atoms with Gasteiger partial charge in [0.05, 0.1) is 0 Å². The first kappa shape index (κ1) is 16.3. The minimum atomic E-state index is -0.00584. The van der Waals surface area contributed by atoms with Gasteiger partial charge < -0.3 is 17.2 Å². The number of rotatable bonds is 2. The highest BCUT2D eigenvalue weighted by Gasteiger charge is 2.07. The van der Waals surface area contributed by atoms with Gasteiger partial charge in [0.2, 0.25) is 5.13 Å². The van der Waals surface area contributed by atoms with Crippen LogP contribution in [0, 0.1) is 0 Å². The highest BCUT2D eigenvalue weighted by atomic mass is 79.9. The average Bonchev–Trinajstić information content (AvgIpc) is 2.72. The lowest BCUT2D eigenvalue weighted by Crippen LogP contribution is -2.21. The fourth-order valence-electron chi connectivity index (χ4n) is 0.949. The Morgan fingerprint density at radius 1 is 1.06 bits per heavy atom. The van der Waals surface area contributed by atoms with Gasteiger partial charge in [-0.05, 0) is 0 Å². The summed E-state index contributed by atoms with van der Waals surface area (Å²) < 4.78 is 0. The molecule has 0 spiro atoms. The first-order valence-electron chi connectivity index (χ1n) is 3.91. The Kier molecular flexibility index (Phi) is 6.60. The Balaban J connectivity index is 0.00000128. The fraction of sp³-hybridized carbons (Fsp3) is 0. The number of thiazole rings is 2. The summed E-state index contributed by atoms with van der Waals surface area (Å²) in [5.41, 5.74) is 17.5. The van der Waals surface area contributed by atoms with Crippen molar-refractivity contribution >= 4 is 72.9 Å². The molecule has 0 unspecified atom stereocenters. The van der Waals surface area contributed by atoms with E-state index in [1.54, 1.807) is 0 Å². The van der Waals surface area contributed by atoms with Gasteiger partial charge in [0.1, 0.15) is 11.4 Å². The van der Waals surface area contributed by atoms with Crippen molar-refractivity contribution in [3.63, 3.8) is 0 Å². The molecule has 0 atom stereocenters. The molecule has 6 N–H and O–H groups in total. The maximum atomic E-state index is 5.52. The number of hydrogen-bond donors (Lipinski definition) is 3. The molecule has 0 aliphatic rings. The highest BCUT2D eigenvalue weighted by molar-refractivity contribution is 8.93. The molecule has 0 amide bonds.